The van der Waals surface area contributed by atoms with Crippen LogP contribution in [0.4, 0.5) is 0 Å². The highest BCUT2D eigenvalue weighted by atomic mass is 16.4. The van der Waals surface area contributed by atoms with Crippen LogP contribution in [0, 0.1) is 0 Å². The topological polar surface area (TPSA) is 82.7 Å². The van der Waals surface area contributed by atoms with E-state index in [9.17, 15) is 4.79 Å². The fourth-order valence-electron chi connectivity index (χ4n) is 2.28. The second kappa shape index (κ2) is 11.7. The number of amides is 1. The Morgan fingerprint density at radius 1 is 1.32 bits per heavy atom. The lowest BCUT2D eigenvalue weighted by Crippen LogP contribution is -3.08. The normalized spacial score (nSPS) is 12.4. The quantitative estimate of drug-likeness (QED) is 0.176. The van der Waals surface area contributed by atoms with Gasteiger partial charge in [-0.3, -0.25) is 4.79 Å². The number of carbonyl (C=O) groups is 1. The molecule has 0 spiro atoms. The monoisotopic (exact) mass is 308 g/mol. The summed E-state index contributed by atoms with van der Waals surface area (Å²) < 4.78 is 0. The van der Waals surface area contributed by atoms with Gasteiger partial charge >= 0.3 is 0 Å². The number of benzene rings is 1. The van der Waals surface area contributed by atoms with Gasteiger partial charge in [0.05, 0.1) is 26.7 Å². The molecule has 122 valence electrons. The minimum Gasteiger partial charge on any atom is -0.411 e. The standard InChI is InChI=1S/C16H26N4O2/c1-20(14-15-7-3-2-4-8-15)12-6-10-17-9-5-11-18-16(21)13-19-22/h2-4,7-8,13,17,22H,5-6,9-12,14H2,1H3,(H,18,21)/p+2/b19-13-. The number of nitrogens with two attached hydrogens (primary N) is 1. The molecule has 0 heterocycles. The van der Waals surface area contributed by atoms with Crippen LogP contribution in [0.15, 0.2) is 35.5 Å². The van der Waals surface area contributed by atoms with Gasteiger partial charge in [-0.2, -0.15) is 0 Å². The third kappa shape index (κ3) is 9.10. The molecule has 1 amide bonds. The highest BCUT2D eigenvalue weighted by Crippen LogP contribution is 1.94. The number of rotatable bonds is 11. The van der Waals surface area contributed by atoms with Crippen molar-refractivity contribution < 1.29 is 20.2 Å². The second-order valence-electron chi connectivity index (χ2n) is 5.48. The van der Waals surface area contributed by atoms with E-state index >= 15 is 0 Å². The fourth-order valence-corrected chi connectivity index (χ4v) is 2.28. The fraction of sp³-hybridized carbons (Fsp3) is 0.500. The van der Waals surface area contributed by atoms with Gasteiger partial charge in [0, 0.05) is 24.9 Å². The molecule has 0 aromatic heterocycles. The maximum absolute atomic E-state index is 11.0. The molecule has 1 aromatic rings. The van der Waals surface area contributed by atoms with Crippen molar-refractivity contribution in [2.45, 2.75) is 19.4 Å². The molecule has 0 saturated heterocycles. The average molecular weight is 308 g/mol. The summed E-state index contributed by atoms with van der Waals surface area (Å²) in [5.41, 5.74) is 1.38. The molecule has 22 heavy (non-hydrogen) atoms. The van der Waals surface area contributed by atoms with E-state index in [1.807, 2.05) is 6.07 Å². The lowest BCUT2D eigenvalue weighted by molar-refractivity contribution is -0.895. The Kier molecular flexibility index (Phi) is 9.65. The molecule has 0 radical (unpaired) electrons. The van der Waals surface area contributed by atoms with Crippen molar-refractivity contribution in [3.8, 4) is 0 Å². The van der Waals surface area contributed by atoms with Crippen LogP contribution >= 0.6 is 0 Å². The van der Waals surface area contributed by atoms with Gasteiger partial charge in [0.1, 0.15) is 12.8 Å². The minimum absolute atomic E-state index is 0.353. The zero-order valence-corrected chi connectivity index (χ0v) is 13.3. The zero-order valence-electron chi connectivity index (χ0n) is 13.3. The van der Waals surface area contributed by atoms with Crippen LogP contribution in [0.5, 0.6) is 0 Å². The third-order valence-electron chi connectivity index (χ3n) is 3.42. The van der Waals surface area contributed by atoms with Crippen molar-refractivity contribution in [3.63, 3.8) is 0 Å². The highest BCUT2D eigenvalue weighted by Gasteiger charge is 2.03. The van der Waals surface area contributed by atoms with Crippen LogP contribution in [0.2, 0.25) is 0 Å². The average Bonchev–Trinajstić information content (AvgIpc) is 2.51. The Hall–Kier alpha value is -1.92. The van der Waals surface area contributed by atoms with E-state index in [2.05, 4.69) is 47.1 Å². The molecule has 1 atom stereocenters. The molecule has 0 aliphatic heterocycles. The lowest BCUT2D eigenvalue weighted by Gasteiger charge is -2.13. The van der Waals surface area contributed by atoms with Crippen molar-refractivity contribution in [1.29, 1.82) is 0 Å². The van der Waals surface area contributed by atoms with Crippen LogP contribution in [-0.2, 0) is 11.3 Å². The van der Waals surface area contributed by atoms with Crippen molar-refractivity contribution in [2.24, 2.45) is 5.16 Å². The molecule has 1 unspecified atom stereocenters. The first kappa shape index (κ1) is 18.1. The summed E-state index contributed by atoms with van der Waals surface area (Å²) in [5.74, 6) is -0.353. The smallest absolute Gasteiger partial charge is 0.265 e. The number of hydrogen-bond acceptors (Lipinski definition) is 3. The molecule has 6 nitrogen and oxygen atoms in total. The SMILES string of the molecule is C[NH+](CCC[NH2+]CCCNC(=O)/C=N\O)Cc1ccccc1. The minimum atomic E-state index is -0.353. The van der Waals surface area contributed by atoms with Crippen LogP contribution < -0.4 is 15.5 Å². The van der Waals surface area contributed by atoms with Gasteiger partial charge in [0.25, 0.3) is 5.91 Å². The van der Waals surface area contributed by atoms with Crippen molar-refractivity contribution >= 4 is 12.1 Å². The van der Waals surface area contributed by atoms with Gasteiger partial charge in [-0.1, -0.05) is 35.5 Å². The molecule has 0 aliphatic rings. The number of carbonyl (C=O) groups excluding carboxylic acids is 1. The number of quaternary nitrogens is 2. The second-order valence-corrected chi connectivity index (χ2v) is 5.48. The van der Waals surface area contributed by atoms with Crippen LogP contribution in [0.25, 0.3) is 0 Å². The van der Waals surface area contributed by atoms with E-state index < -0.39 is 0 Å². The Morgan fingerprint density at radius 2 is 2.05 bits per heavy atom. The molecular formula is C16H28N4O2+2. The van der Waals surface area contributed by atoms with Gasteiger partial charge in [-0.15, -0.1) is 0 Å². The van der Waals surface area contributed by atoms with Crippen molar-refractivity contribution in [1.82, 2.24) is 5.32 Å². The van der Waals surface area contributed by atoms with E-state index in [0.717, 1.165) is 38.8 Å². The van der Waals surface area contributed by atoms with Crippen LogP contribution in [0.3, 0.4) is 0 Å². The Morgan fingerprint density at radius 3 is 2.77 bits per heavy atom. The maximum Gasteiger partial charge on any atom is 0.265 e. The Bertz CT molecular complexity index is 437. The van der Waals surface area contributed by atoms with E-state index in [-0.39, 0.29) is 5.91 Å². The lowest BCUT2D eigenvalue weighted by atomic mass is 10.2. The van der Waals surface area contributed by atoms with Crippen molar-refractivity contribution in [3.05, 3.63) is 35.9 Å². The van der Waals surface area contributed by atoms with Gasteiger partial charge in [-0.25, -0.2) is 0 Å². The summed E-state index contributed by atoms with van der Waals surface area (Å²) in [4.78, 5) is 12.5. The predicted molar refractivity (Wildman–Crippen MR) is 86.1 cm³/mol. The van der Waals surface area contributed by atoms with Gasteiger partial charge in [-0.05, 0) is 0 Å². The zero-order chi connectivity index (χ0) is 16.0. The first-order valence-corrected chi connectivity index (χ1v) is 7.84. The molecule has 0 bridgehead atoms. The maximum atomic E-state index is 11.0. The van der Waals surface area contributed by atoms with E-state index in [1.54, 1.807) is 0 Å². The van der Waals surface area contributed by atoms with Gasteiger partial charge in [0.2, 0.25) is 0 Å². The summed E-state index contributed by atoms with van der Waals surface area (Å²) in [6, 6.07) is 10.6. The first-order valence-electron chi connectivity index (χ1n) is 7.84. The molecule has 6 heteroatoms. The largest absolute Gasteiger partial charge is 0.411 e. The van der Waals surface area contributed by atoms with Crippen molar-refractivity contribution in [2.75, 3.05) is 33.2 Å². The molecule has 5 N–H and O–H groups in total. The molecule has 0 fully saturated rings. The predicted octanol–water partition coefficient (Wildman–Crippen LogP) is -1.38. The molecule has 0 aliphatic carbocycles. The van der Waals surface area contributed by atoms with Crippen LogP contribution in [-0.4, -0.2) is 50.6 Å². The van der Waals surface area contributed by atoms with E-state index in [1.165, 1.54) is 16.9 Å². The number of nitrogens with one attached hydrogen (secondary N) is 2. The first-order chi connectivity index (χ1) is 10.7. The molecular weight excluding hydrogens is 280 g/mol. The molecule has 1 rings (SSSR count). The van der Waals surface area contributed by atoms with Crippen LogP contribution in [0.1, 0.15) is 18.4 Å². The molecule has 1 aromatic carbocycles. The highest BCUT2D eigenvalue weighted by molar-refractivity contribution is 6.25. The Balaban J connectivity index is 1.94. The summed E-state index contributed by atoms with van der Waals surface area (Å²) in [6.45, 7) is 4.95. The summed E-state index contributed by atoms with van der Waals surface area (Å²) in [6.07, 6.45) is 2.97. The third-order valence-corrected chi connectivity index (χ3v) is 3.42. The molecule has 0 saturated carbocycles. The summed E-state index contributed by atoms with van der Waals surface area (Å²) in [7, 11) is 2.23. The number of hydrogen-bond donors (Lipinski definition) is 4. The van der Waals surface area contributed by atoms with E-state index in [4.69, 9.17) is 5.21 Å². The summed E-state index contributed by atoms with van der Waals surface area (Å²) >= 11 is 0. The van der Waals surface area contributed by atoms with E-state index in [0.29, 0.717) is 6.54 Å². The van der Waals surface area contributed by atoms with Gasteiger partial charge in [0.15, 0.2) is 0 Å². The number of nitrogens with zero attached hydrogens (tertiary/aromatic N) is 1. The number of oxime groups is 1. The van der Waals surface area contributed by atoms with Gasteiger partial charge < -0.3 is 20.7 Å². The summed E-state index contributed by atoms with van der Waals surface area (Å²) in [5, 5.41) is 15.8. The Labute approximate surface area is 132 Å².